The van der Waals surface area contributed by atoms with Crippen LogP contribution in [-0.2, 0) is 16.1 Å². The second-order valence-electron chi connectivity index (χ2n) is 6.43. The fraction of sp³-hybridized carbons (Fsp3) is 0.263. The lowest BCUT2D eigenvalue weighted by molar-refractivity contribution is -0.132. The molecule has 28 heavy (non-hydrogen) atoms. The van der Waals surface area contributed by atoms with E-state index in [9.17, 15) is 4.79 Å². The van der Waals surface area contributed by atoms with Gasteiger partial charge < -0.3 is 15.8 Å². The van der Waals surface area contributed by atoms with E-state index < -0.39 is 6.10 Å². The monoisotopic (exact) mass is 453 g/mol. The van der Waals surface area contributed by atoms with Gasteiger partial charge in [0.2, 0.25) is 0 Å². The first kappa shape index (κ1) is 19.7. The molecule has 0 saturated carbocycles. The van der Waals surface area contributed by atoms with E-state index in [4.69, 9.17) is 33.7 Å². The zero-order valence-electron chi connectivity index (χ0n) is 14.6. The topological polar surface area (TPSA) is 77.2 Å². The fourth-order valence-electron chi connectivity index (χ4n) is 3.38. The number of fused-ring (bicyclic) bond motifs is 1. The fourth-order valence-corrected chi connectivity index (χ4v) is 5.99. The second kappa shape index (κ2) is 8.39. The Morgan fingerprint density at radius 3 is 3.04 bits per heavy atom. The van der Waals surface area contributed by atoms with Crippen LogP contribution < -0.4 is 11.1 Å². The Hall–Kier alpha value is -1.64. The molecule has 146 valence electrons. The van der Waals surface area contributed by atoms with Crippen molar-refractivity contribution < 1.29 is 9.53 Å². The van der Waals surface area contributed by atoms with E-state index in [-0.39, 0.29) is 12.0 Å². The molecular weight excluding hydrogens is 437 g/mol. The van der Waals surface area contributed by atoms with Crippen LogP contribution >= 0.6 is 45.9 Å². The SMILES string of the molecule is N[C@H]1CC=C[C@@H](OC=O)[C@@H]1c1sc2c(NCc3cccs3)cc(Cl)nc2c1Cl. The summed E-state index contributed by atoms with van der Waals surface area (Å²) < 4.78 is 6.17. The Morgan fingerprint density at radius 2 is 2.29 bits per heavy atom. The van der Waals surface area contributed by atoms with Crippen LogP contribution in [0.2, 0.25) is 10.2 Å². The number of rotatable bonds is 6. The van der Waals surface area contributed by atoms with Crippen molar-refractivity contribution in [1.82, 2.24) is 4.98 Å². The van der Waals surface area contributed by atoms with Crippen LogP contribution in [0.3, 0.4) is 0 Å². The van der Waals surface area contributed by atoms with Gasteiger partial charge in [-0.2, -0.15) is 0 Å². The quantitative estimate of drug-likeness (QED) is 0.305. The van der Waals surface area contributed by atoms with Gasteiger partial charge in [0, 0.05) is 28.4 Å². The largest absolute Gasteiger partial charge is 0.460 e. The molecule has 3 aromatic rings. The van der Waals surface area contributed by atoms with Crippen LogP contribution in [0.4, 0.5) is 5.69 Å². The number of carbonyl (C=O) groups is 1. The van der Waals surface area contributed by atoms with E-state index in [0.717, 1.165) is 15.3 Å². The van der Waals surface area contributed by atoms with Crippen molar-refractivity contribution in [2.24, 2.45) is 5.73 Å². The molecule has 3 atom stereocenters. The summed E-state index contributed by atoms with van der Waals surface area (Å²) in [5.41, 5.74) is 7.86. The van der Waals surface area contributed by atoms with E-state index in [1.165, 1.54) is 16.2 Å². The number of ether oxygens (including phenoxy) is 1. The summed E-state index contributed by atoms with van der Waals surface area (Å²) in [7, 11) is 0. The van der Waals surface area contributed by atoms with E-state index in [0.29, 0.717) is 35.1 Å². The average Bonchev–Trinajstić information content (AvgIpc) is 3.29. The smallest absolute Gasteiger partial charge is 0.293 e. The van der Waals surface area contributed by atoms with Crippen LogP contribution in [0.1, 0.15) is 22.1 Å². The molecule has 3 aromatic heterocycles. The van der Waals surface area contributed by atoms with Crippen LogP contribution in [0.5, 0.6) is 0 Å². The molecule has 3 heterocycles. The number of aromatic nitrogens is 1. The standard InChI is InChI=1S/C19H17Cl2N3O2S2/c20-14-7-12(23-8-10-3-2-6-27-10)18-17(24-14)16(21)19(28-18)15-11(22)4-1-5-13(15)26-9-25/h1-3,5-7,9,11,13,15H,4,8,22H2,(H,23,24)/t11-,13+,15+/m0/s1. The van der Waals surface area contributed by atoms with Gasteiger partial charge in [-0.05, 0) is 23.9 Å². The maximum Gasteiger partial charge on any atom is 0.293 e. The maximum absolute atomic E-state index is 10.9. The Balaban J connectivity index is 1.75. The number of nitrogens with one attached hydrogen (secondary N) is 1. The molecule has 3 N–H and O–H groups in total. The average molecular weight is 454 g/mol. The third kappa shape index (κ3) is 3.77. The summed E-state index contributed by atoms with van der Waals surface area (Å²) in [6.07, 6.45) is 4.02. The molecule has 1 aliphatic carbocycles. The molecule has 1 aliphatic rings. The Morgan fingerprint density at radius 1 is 1.43 bits per heavy atom. The molecule has 0 aromatic carbocycles. The normalized spacial score (nSPS) is 21.8. The summed E-state index contributed by atoms with van der Waals surface area (Å²) in [5.74, 6) is -0.231. The van der Waals surface area contributed by atoms with Gasteiger partial charge in [0.05, 0.1) is 21.3 Å². The third-order valence-electron chi connectivity index (χ3n) is 4.68. The molecule has 0 aliphatic heterocycles. The van der Waals surface area contributed by atoms with Crippen molar-refractivity contribution in [1.29, 1.82) is 0 Å². The highest BCUT2D eigenvalue weighted by molar-refractivity contribution is 7.20. The molecule has 0 unspecified atom stereocenters. The van der Waals surface area contributed by atoms with E-state index >= 15 is 0 Å². The zero-order valence-corrected chi connectivity index (χ0v) is 17.7. The molecule has 0 fully saturated rings. The predicted octanol–water partition coefficient (Wildman–Crippen LogP) is 5.19. The van der Waals surface area contributed by atoms with Crippen molar-refractivity contribution >= 4 is 68.3 Å². The number of pyridine rings is 1. The molecule has 4 rings (SSSR count). The van der Waals surface area contributed by atoms with E-state index in [2.05, 4.69) is 16.4 Å². The zero-order chi connectivity index (χ0) is 19.7. The third-order valence-corrected chi connectivity index (χ3v) is 7.55. The lowest BCUT2D eigenvalue weighted by atomic mass is 9.86. The highest BCUT2D eigenvalue weighted by Crippen LogP contribution is 2.46. The van der Waals surface area contributed by atoms with Gasteiger partial charge in [-0.15, -0.1) is 22.7 Å². The van der Waals surface area contributed by atoms with Gasteiger partial charge in [-0.3, -0.25) is 4.79 Å². The van der Waals surface area contributed by atoms with Crippen molar-refractivity contribution in [3.05, 3.63) is 55.7 Å². The summed E-state index contributed by atoms with van der Waals surface area (Å²) in [6, 6.07) is 5.67. The Labute approximate surface area is 180 Å². The first-order valence-corrected chi connectivity index (χ1v) is 11.1. The number of nitrogens with zero attached hydrogens (tertiary/aromatic N) is 1. The number of halogens is 2. The highest BCUT2D eigenvalue weighted by Gasteiger charge is 2.35. The number of thiophene rings is 2. The van der Waals surface area contributed by atoms with Crippen molar-refractivity contribution in [3.63, 3.8) is 0 Å². The summed E-state index contributed by atoms with van der Waals surface area (Å²) in [5, 5.41) is 6.34. The number of hydrogen-bond acceptors (Lipinski definition) is 7. The molecule has 0 saturated heterocycles. The minimum Gasteiger partial charge on any atom is -0.460 e. The van der Waals surface area contributed by atoms with Gasteiger partial charge >= 0.3 is 0 Å². The van der Waals surface area contributed by atoms with Gasteiger partial charge in [-0.25, -0.2) is 4.98 Å². The molecule has 0 bridgehead atoms. The number of hydrogen-bond donors (Lipinski definition) is 2. The first-order valence-electron chi connectivity index (χ1n) is 8.64. The number of nitrogens with two attached hydrogens (primary N) is 1. The lowest BCUT2D eigenvalue weighted by Gasteiger charge is -2.30. The van der Waals surface area contributed by atoms with Crippen LogP contribution in [-0.4, -0.2) is 23.6 Å². The predicted molar refractivity (Wildman–Crippen MR) is 117 cm³/mol. The van der Waals surface area contributed by atoms with E-state index in [1.807, 2.05) is 23.6 Å². The van der Waals surface area contributed by atoms with Crippen molar-refractivity contribution in [2.45, 2.75) is 31.0 Å². The summed E-state index contributed by atoms with van der Waals surface area (Å²) >= 11 is 16.1. The van der Waals surface area contributed by atoms with E-state index in [1.54, 1.807) is 17.4 Å². The second-order valence-corrected chi connectivity index (χ2v) is 9.28. The Kier molecular flexibility index (Phi) is 5.89. The summed E-state index contributed by atoms with van der Waals surface area (Å²) in [6.45, 7) is 1.13. The maximum atomic E-state index is 10.9. The van der Waals surface area contributed by atoms with Gasteiger partial charge in [-0.1, -0.05) is 35.3 Å². The minimum atomic E-state index is -0.454. The minimum absolute atomic E-state index is 0.210. The first-order chi connectivity index (χ1) is 13.6. The molecule has 9 heteroatoms. The van der Waals surface area contributed by atoms with Crippen molar-refractivity contribution in [2.75, 3.05) is 5.32 Å². The van der Waals surface area contributed by atoms with Gasteiger partial charge in [0.1, 0.15) is 16.8 Å². The van der Waals surface area contributed by atoms with Crippen molar-refractivity contribution in [3.8, 4) is 0 Å². The van der Waals surface area contributed by atoms with Crippen LogP contribution in [0.15, 0.2) is 35.7 Å². The molecule has 0 spiro atoms. The van der Waals surface area contributed by atoms with Crippen LogP contribution in [0, 0.1) is 0 Å². The number of anilines is 1. The van der Waals surface area contributed by atoms with Gasteiger partial charge in [0.25, 0.3) is 6.47 Å². The van der Waals surface area contributed by atoms with Crippen LogP contribution in [0.25, 0.3) is 10.2 Å². The number of carbonyl (C=O) groups excluding carboxylic acids is 1. The molecule has 5 nitrogen and oxygen atoms in total. The Bertz CT molecular complexity index is 1020. The highest BCUT2D eigenvalue weighted by atomic mass is 35.5. The lowest BCUT2D eigenvalue weighted by Crippen LogP contribution is -2.38. The molecule has 0 amide bonds. The molecular formula is C19H17Cl2N3O2S2. The molecule has 0 radical (unpaired) electrons. The summed E-state index contributed by atoms with van der Waals surface area (Å²) in [4.78, 5) is 17.4. The van der Waals surface area contributed by atoms with Gasteiger partial charge in [0.15, 0.2) is 0 Å².